The number of nitrogens with one attached hydrogen (secondary N) is 2. The lowest BCUT2D eigenvalue weighted by atomic mass is 9.95. The molecule has 46 heavy (non-hydrogen) atoms. The van der Waals surface area contributed by atoms with Crippen LogP contribution >= 0.6 is 11.8 Å². The van der Waals surface area contributed by atoms with Crippen LogP contribution in [-0.2, 0) is 25.1 Å². The zero-order valence-electron chi connectivity index (χ0n) is 29.1. The molecule has 3 rings (SSSR count). The molecule has 13 nitrogen and oxygen atoms in total. The van der Waals surface area contributed by atoms with Crippen LogP contribution < -0.4 is 10.0 Å². The Labute approximate surface area is 280 Å². The smallest absolute Gasteiger partial charge is 0.410 e. The summed E-state index contributed by atoms with van der Waals surface area (Å²) in [5.74, 6) is 1.89. The average Bonchev–Trinajstić information content (AvgIpc) is 2.96. The Balaban J connectivity index is 1.99. The Kier molecular flexibility index (Phi) is 13.5. The summed E-state index contributed by atoms with van der Waals surface area (Å²) in [4.78, 5) is 40.5. The molecule has 2 fully saturated rings. The van der Waals surface area contributed by atoms with Crippen molar-refractivity contribution in [1.29, 1.82) is 0 Å². The maximum absolute atomic E-state index is 14.5. The molecule has 2 aliphatic rings. The van der Waals surface area contributed by atoms with Crippen molar-refractivity contribution in [2.45, 2.75) is 91.3 Å². The first-order valence-corrected chi connectivity index (χ1v) is 19.0. The van der Waals surface area contributed by atoms with Crippen molar-refractivity contribution in [2.75, 3.05) is 69.8 Å². The zero-order chi connectivity index (χ0) is 34.3. The van der Waals surface area contributed by atoms with E-state index in [1.54, 1.807) is 43.6 Å². The molecule has 0 radical (unpaired) electrons. The minimum Gasteiger partial charge on any atom is -0.444 e. The number of anilines is 1. The molecule has 3 heterocycles. The van der Waals surface area contributed by atoms with Gasteiger partial charge in [-0.15, -0.1) is 0 Å². The number of amides is 2. The third-order valence-corrected chi connectivity index (χ3v) is 9.85. The van der Waals surface area contributed by atoms with Gasteiger partial charge in [-0.3, -0.25) is 4.79 Å². The molecule has 2 N–H and O–H groups in total. The number of thioether (sulfide) groups is 1. The van der Waals surface area contributed by atoms with Gasteiger partial charge in [0.1, 0.15) is 22.8 Å². The Morgan fingerprint density at radius 2 is 1.83 bits per heavy atom. The molecule has 0 aliphatic carbocycles. The highest BCUT2D eigenvalue weighted by molar-refractivity contribution is 7.98. The van der Waals surface area contributed by atoms with Crippen molar-refractivity contribution in [1.82, 2.24) is 28.8 Å². The van der Waals surface area contributed by atoms with Gasteiger partial charge in [0.2, 0.25) is 0 Å². The van der Waals surface area contributed by atoms with E-state index < -0.39 is 34.0 Å². The summed E-state index contributed by atoms with van der Waals surface area (Å²) in [6.07, 6.45) is 4.31. The van der Waals surface area contributed by atoms with E-state index in [2.05, 4.69) is 21.3 Å². The van der Waals surface area contributed by atoms with Gasteiger partial charge in [-0.25, -0.2) is 14.8 Å². The van der Waals surface area contributed by atoms with Crippen molar-refractivity contribution >= 4 is 39.8 Å². The van der Waals surface area contributed by atoms with Gasteiger partial charge in [0.25, 0.3) is 16.1 Å². The van der Waals surface area contributed by atoms with Crippen LogP contribution in [0, 0.1) is 5.92 Å². The summed E-state index contributed by atoms with van der Waals surface area (Å²) in [5, 5.41) is 3.38. The average molecular weight is 686 g/mol. The van der Waals surface area contributed by atoms with Gasteiger partial charge < -0.3 is 24.6 Å². The maximum atomic E-state index is 14.5. The number of hydrogen-bond acceptors (Lipinski definition) is 10. The number of rotatable bonds is 12. The van der Waals surface area contributed by atoms with Crippen molar-refractivity contribution in [3.05, 3.63) is 17.6 Å². The lowest BCUT2D eigenvalue weighted by Gasteiger charge is -2.44. The molecule has 2 atom stereocenters. The highest BCUT2D eigenvalue weighted by atomic mass is 32.2. The first-order valence-electron chi connectivity index (χ1n) is 16.2. The predicted octanol–water partition coefficient (Wildman–Crippen LogP) is 3.58. The van der Waals surface area contributed by atoms with Crippen LogP contribution in [0.1, 0.15) is 84.4 Å². The number of carbonyl (C=O) groups excluding carboxylic acids is 2. The van der Waals surface area contributed by atoms with Gasteiger partial charge in [0.05, 0.1) is 19.3 Å². The Morgan fingerprint density at radius 1 is 1.15 bits per heavy atom. The SMILES string of the molecule is CSCCCNc1nc(C(C)(C)C)ncc1C(=O)N(CC(C)C)[C@H]1C[C@@H](NS(=O)(=O)N2CCOCC2)CN(C(=O)OC(C)(C)C)C1. The lowest BCUT2D eigenvalue weighted by molar-refractivity contribution is 0.00580. The number of aromatic nitrogens is 2. The molecule has 0 bridgehead atoms. The van der Waals surface area contributed by atoms with Crippen molar-refractivity contribution in [3.8, 4) is 0 Å². The van der Waals surface area contributed by atoms with E-state index in [1.807, 2.05) is 34.6 Å². The largest absolute Gasteiger partial charge is 0.444 e. The molecule has 0 aromatic carbocycles. The third-order valence-electron chi connectivity index (χ3n) is 7.48. The van der Waals surface area contributed by atoms with Crippen LogP contribution in [0.2, 0.25) is 0 Å². The molecule has 0 unspecified atom stereocenters. The fourth-order valence-corrected chi connectivity index (χ4v) is 7.14. The first-order chi connectivity index (χ1) is 21.4. The second-order valence-electron chi connectivity index (χ2n) is 14.4. The third kappa shape index (κ3) is 11.2. The van der Waals surface area contributed by atoms with Crippen molar-refractivity contribution in [3.63, 3.8) is 0 Å². The molecule has 2 saturated heterocycles. The maximum Gasteiger partial charge on any atom is 0.410 e. The minimum atomic E-state index is -3.86. The second-order valence-corrected chi connectivity index (χ2v) is 17.1. The number of ether oxygens (including phenoxy) is 2. The second kappa shape index (κ2) is 16.3. The number of carbonyl (C=O) groups is 2. The Bertz CT molecular complexity index is 1280. The van der Waals surface area contributed by atoms with E-state index >= 15 is 0 Å². The fraction of sp³-hybridized carbons (Fsp3) is 0.806. The quantitative estimate of drug-likeness (QED) is 0.313. The summed E-state index contributed by atoms with van der Waals surface area (Å²) < 4.78 is 42.0. The Hall–Kier alpha value is -2.20. The van der Waals surface area contributed by atoms with Crippen LogP contribution in [0.3, 0.4) is 0 Å². The Morgan fingerprint density at radius 3 is 2.41 bits per heavy atom. The molecular formula is C31H55N7O6S2. The summed E-state index contributed by atoms with van der Waals surface area (Å²) >= 11 is 1.76. The van der Waals surface area contributed by atoms with Crippen LogP contribution in [-0.4, -0.2) is 127 Å². The van der Waals surface area contributed by atoms with Gasteiger partial charge in [-0.1, -0.05) is 34.6 Å². The van der Waals surface area contributed by atoms with E-state index in [1.165, 1.54) is 9.21 Å². The topological polar surface area (TPSA) is 146 Å². The van der Waals surface area contributed by atoms with Gasteiger partial charge >= 0.3 is 6.09 Å². The van der Waals surface area contributed by atoms with Gasteiger partial charge in [0.15, 0.2) is 0 Å². The molecule has 1 aromatic rings. The van der Waals surface area contributed by atoms with Crippen LogP contribution in [0.15, 0.2) is 6.20 Å². The summed E-state index contributed by atoms with van der Waals surface area (Å²) in [7, 11) is -3.86. The summed E-state index contributed by atoms with van der Waals surface area (Å²) in [6, 6.07) is -1.15. The molecule has 2 aliphatic heterocycles. The van der Waals surface area contributed by atoms with Gasteiger partial charge in [-0.2, -0.15) is 29.2 Å². The van der Waals surface area contributed by atoms with E-state index in [0.717, 1.165) is 12.2 Å². The van der Waals surface area contributed by atoms with Crippen LogP contribution in [0.25, 0.3) is 0 Å². The molecule has 2 amide bonds. The molecule has 0 saturated carbocycles. The lowest BCUT2D eigenvalue weighted by Crippen LogP contribution is -2.61. The normalized spacial score (nSPS) is 20.1. The first kappa shape index (κ1) is 38.2. The van der Waals surface area contributed by atoms with Crippen molar-refractivity contribution < 1.29 is 27.5 Å². The number of morpholine rings is 1. The molecule has 1 aromatic heterocycles. The summed E-state index contributed by atoms with van der Waals surface area (Å²) in [5.41, 5.74) is -0.724. The van der Waals surface area contributed by atoms with E-state index in [9.17, 15) is 18.0 Å². The predicted molar refractivity (Wildman–Crippen MR) is 183 cm³/mol. The highest BCUT2D eigenvalue weighted by Gasteiger charge is 2.40. The van der Waals surface area contributed by atoms with E-state index in [-0.39, 0.29) is 43.4 Å². The fourth-order valence-electron chi connectivity index (χ4n) is 5.33. The van der Waals surface area contributed by atoms with Crippen molar-refractivity contribution in [2.24, 2.45) is 5.92 Å². The van der Waals surface area contributed by atoms with Gasteiger partial charge in [-0.05, 0) is 51.5 Å². The van der Waals surface area contributed by atoms with Gasteiger partial charge in [0, 0.05) is 56.9 Å². The number of piperidine rings is 1. The number of likely N-dealkylation sites (tertiary alicyclic amines) is 1. The van der Waals surface area contributed by atoms with Crippen LogP contribution in [0.5, 0.6) is 0 Å². The number of nitrogens with zero attached hydrogens (tertiary/aromatic N) is 5. The molecule has 15 heteroatoms. The molecule has 0 spiro atoms. The van der Waals surface area contributed by atoms with Crippen LogP contribution in [0.4, 0.5) is 10.6 Å². The molecule has 262 valence electrons. The minimum absolute atomic E-state index is 0.0945. The molecular weight excluding hydrogens is 631 g/mol. The highest BCUT2D eigenvalue weighted by Crippen LogP contribution is 2.27. The monoisotopic (exact) mass is 685 g/mol. The number of hydrogen-bond donors (Lipinski definition) is 2. The zero-order valence-corrected chi connectivity index (χ0v) is 30.7. The standard InChI is InChI=1S/C31H55N7O6S2/c1-22(2)19-38(27(39)25-18-33-28(30(3,4)5)34-26(25)32-11-10-16-45-9)24-17-23(20-36(21-24)29(40)44-31(6,7)8)35-46(41,42)37-12-14-43-15-13-37/h18,22-24,35H,10-17,19-21H2,1-9H3,(H,32,33,34)/t23-,24+/m1/s1. The summed E-state index contributed by atoms with van der Waals surface area (Å²) in [6.45, 7) is 18.0. The van der Waals surface area contributed by atoms with E-state index in [0.29, 0.717) is 49.9 Å². The van der Waals surface area contributed by atoms with E-state index in [4.69, 9.17) is 14.5 Å².